The van der Waals surface area contributed by atoms with Crippen molar-refractivity contribution in [3.05, 3.63) is 12.8 Å². The van der Waals surface area contributed by atoms with E-state index in [9.17, 15) is 4.79 Å². The summed E-state index contributed by atoms with van der Waals surface area (Å²) >= 11 is 0. The molecule has 0 atom stereocenters. The number of rotatable bonds is 2. The number of ketones is 1. The molecule has 0 aromatic carbocycles. The summed E-state index contributed by atoms with van der Waals surface area (Å²) < 4.78 is 0. The van der Waals surface area contributed by atoms with Crippen molar-refractivity contribution in [1.82, 2.24) is 5.06 Å². The highest BCUT2D eigenvalue weighted by molar-refractivity contribution is 5.82. The minimum atomic E-state index is 0.233. The maximum Gasteiger partial charge on any atom is 0.151 e. The predicted molar refractivity (Wildman–Crippen MR) is 32.5 cm³/mol. The lowest BCUT2D eigenvalue weighted by Gasteiger charge is -2.09. The zero-order chi connectivity index (χ0) is 6.69. The van der Waals surface area contributed by atoms with Gasteiger partial charge < -0.3 is 4.84 Å². The molecule has 0 unspecified atom stereocenters. The Bertz CT molecular complexity index is 133. The monoisotopic (exact) mass is 127 g/mol. The standard InChI is InChI=1S/C6H9NO2/c1-2-9-7-4-3-6(8)5-7/h2H,1,3-5H2. The number of carbonyl (C=O) groups excluding carboxylic acids is 1. The highest BCUT2D eigenvalue weighted by atomic mass is 16.7. The van der Waals surface area contributed by atoms with Crippen LogP contribution in [0.4, 0.5) is 0 Å². The highest BCUT2D eigenvalue weighted by Gasteiger charge is 2.18. The quantitative estimate of drug-likeness (QED) is 0.501. The molecule has 0 aliphatic carbocycles. The van der Waals surface area contributed by atoms with Gasteiger partial charge in [0.05, 0.1) is 6.54 Å². The van der Waals surface area contributed by atoms with Gasteiger partial charge in [-0.15, -0.1) is 5.06 Å². The van der Waals surface area contributed by atoms with Crippen LogP contribution in [0.15, 0.2) is 12.8 Å². The van der Waals surface area contributed by atoms with Crippen molar-refractivity contribution in [1.29, 1.82) is 0 Å². The molecule has 1 rings (SSSR count). The van der Waals surface area contributed by atoms with E-state index in [1.807, 2.05) is 0 Å². The van der Waals surface area contributed by atoms with Crippen molar-refractivity contribution < 1.29 is 9.63 Å². The second-order valence-electron chi connectivity index (χ2n) is 1.92. The minimum Gasteiger partial charge on any atom is -0.414 e. The zero-order valence-corrected chi connectivity index (χ0v) is 5.17. The summed E-state index contributed by atoms with van der Waals surface area (Å²) in [6, 6.07) is 0. The van der Waals surface area contributed by atoms with Crippen LogP contribution in [0.25, 0.3) is 0 Å². The molecule has 0 spiro atoms. The SMILES string of the molecule is C=CON1CCC(=O)C1. The van der Waals surface area contributed by atoms with Gasteiger partial charge in [0.15, 0.2) is 5.78 Å². The molecule has 0 radical (unpaired) electrons. The molecule has 0 aromatic heterocycles. The third kappa shape index (κ3) is 1.54. The molecule has 1 fully saturated rings. The Balaban J connectivity index is 2.29. The van der Waals surface area contributed by atoms with E-state index < -0.39 is 0 Å². The summed E-state index contributed by atoms with van der Waals surface area (Å²) in [6.07, 6.45) is 1.94. The van der Waals surface area contributed by atoms with Gasteiger partial charge in [0.2, 0.25) is 0 Å². The van der Waals surface area contributed by atoms with E-state index in [2.05, 4.69) is 6.58 Å². The predicted octanol–water partition coefficient (Wildman–Crippen LogP) is 0.336. The molecule has 1 aliphatic heterocycles. The first-order chi connectivity index (χ1) is 4.33. The molecule has 1 aliphatic rings. The molecule has 3 nitrogen and oxygen atoms in total. The summed E-state index contributed by atoms with van der Waals surface area (Å²) in [5.41, 5.74) is 0. The van der Waals surface area contributed by atoms with Crippen LogP contribution in [-0.4, -0.2) is 23.9 Å². The number of Topliss-reactive ketones (excluding diaryl/α,β-unsaturated/α-hetero) is 1. The third-order valence-electron chi connectivity index (χ3n) is 1.22. The van der Waals surface area contributed by atoms with Gasteiger partial charge in [-0.25, -0.2) is 0 Å². The van der Waals surface area contributed by atoms with Crippen molar-refractivity contribution >= 4 is 5.78 Å². The fourth-order valence-corrected chi connectivity index (χ4v) is 0.800. The fourth-order valence-electron chi connectivity index (χ4n) is 0.800. The van der Waals surface area contributed by atoms with E-state index in [1.54, 1.807) is 5.06 Å². The van der Waals surface area contributed by atoms with Crippen LogP contribution in [0, 0.1) is 0 Å². The van der Waals surface area contributed by atoms with Gasteiger partial charge in [-0.3, -0.25) is 4.79 Å². The summed E-state index contributed by atoms with van der Waals surface area (Å²) in [6.45, 7) is 4.48. The molecule has 0 saturated carbocycles. The van der Waals surface area contributed by atoms with E-state index in [0.717, 1.165) is 0 Å². The van der Waals surface area contributed by atoms with Crippen LogP contribution in [0.2, 0.25) is 0 Å². The molecular weight excluding hydrogens is 118 g/mol. The van der Waals surface area contributed by atoms with Crippen LogP contribution >= 0.6 is 0 Å². The van der Waals surface area contributed by atoms with E-state index in [1.165, 1.54) is 6.26 Å². The van der Waals surface area contributed by atoms with Gasteiger partial charge in [0.25, 0.3) is 0 Å². The lowest BCUT2D eigenvalue weighted by atomic mass is 10.4. The van der Waals surface area contributed by atoms with Crippen LogP contribution in [0.3, 0.4) is 0 Å². The molecule has 0 amide bonds. The number of hydrogen-bond donors (Lipinski definition) is 0. The first kappa shape index (κ1) is 6.29. The Kier molecular flexibility index (Phi) is 1.85. The highest BCUT2D eigenvalue weighted by Crippen LogP contribution is 2.03. The summed E-state index contributed by atoms with van der Waals surface area (Å²) in [4.78, 5) is 15.4. The summed E-state index contributed by atoms with van der Waals surface area (Å²) in [5, 5.41) is 1.59. The average Bonchev–Trinajstić information content (AvgIpc) is 2.17. The van der Waals surface area contributed by atoms with Gasteiger partial charge in [-0.05, 0) is 0 Å². The third-order valence-corrected chi connectivity index (χ3v) is 1.22. The van der Waals surface area contributed by atoms with Crippen molar-refractivity contribution in [2.45, 2.75) is 6.42 Å². The molecule has 1 heterocycles. The van der Waals surface area contributed by atoms with Gasteiger partial charge in [-0.2, -0.15) is 0 Å². The van der Waals surface area contributed by atoms with Crippen LogP contribution in [0.1, 0.15) is 6.42 Å². The molecular formula is C6H9NO2. The van der Waals surface area contributed by atoms with Crippen LogP contribution < -0.4 is 0 Å². The number of carbonyl (C=O) groups is 1. The Morgan fingerprint density at radius 3 is 3.00 bits per heavy atom. The van der Waals surface area contributed by atoms with Gasteiger partial charge >= 0.3 is 0 Å². The second-order valence-corrected chi connectivity index (χ2v) is 1.92. The van der Waals surface area contributed by atoms with Gasteiger partial charge in [0.1, 0.15) is 6.26 Å². The second kappa shape index (κ2) is 2.64. The minimum absolute atomic E-state index is 0.233. The molecule has 1 saturated heterocycles. The largest absolute Gasteiger partial charge is 0.414 e. The van der Waals surface area contributed by atoms with E-state index in [-0.39, 0.29) is 5.78 Å². The smallest absolute Gasteiger partial charge is 0.151 e. The zero-order valence-electron chi connectivity index (χ0n) is 5.17. The lowest BCUT2D eigenvalue weighted by Crippen LogP contribution is -2.17. The average molecular weight is 127 g/mol. The first-order valence-electron chi connectivity index (χ1n) is 2.87. The molecule has 0 bridgehead atoms. The molecule has 9 heavy (non-hydrogen) atoms. The van der Waals surface area contributed by atoms with E-state index >= 15 is 0 Å². The van der Waals surface area contributed by atoms with E-state index in [0.29, 0.717) is 19.5 Å². The molecule has 50 valence electrons. The topological polar surface area (TPSA) is 29.5 Å². The first-order valence-corrected chi connectivity index (χ1v) is 2.87. The van der Waals surface area contributed by atoms with Gasteiger partial charge in [0, 0.05) is 13.0 Å². The number of hydroxylamine groups is 2. The van der Waals surface area contributed by atoms with E-state index in [4.69, 9.17) is 4.84 Å². The molecule has 3 heteroatoms. The normalized spacial score (nSPS) is 20.2. The Hall–Kier alpha value is -0.830. The number of hydrogen-bond acceptors (Lipinski definition) is 3. The lowest BCUT2D eigenvalue weighted by molar-refractivity contribution is -0.123. The summed E-state index contributed by atoms with van der Waals surface area (Å²) in [5.74, 6) is 0.233. The van der Waals surface area contributed by atoms with Crippen molar-refractivity contribution in [2.24, 2.45) is 0 Å². The summed E-state index contributed by atoms with van der Waals surface area (Å²) in [7, 11) is 0. The van der Waals surface area contributed by atoms with Crippen LogP contribution in [0.5, 0.6) is 0 Å². The Morgan fingerprint density at radius 2 is 2.56 bits per heavy atom. The van der Waals surface area contributed by atoms with Gasteiger partial charge in [-0.1, -0.05) is 6.58 Å². The maximum absolute atomic E-state index is 10.6. The van der Waals surface area contributed by atoms with Crippen molar-refractivity contribution in [3.63, 3.8) is 0 Å². The molecule has 0 aromatic rings. The maximum atomic E-state index is 10.6. The number of nitrogens with zero attached hydrogens (tertiary/aromatic N) is 1. The van der Waals surface area contributed by atoms with Crippen molar-refractivity contribution in [2.75, 3.05) is 13.1 Å². The van der Waals surface area contributed by atoms with Crippen LogP contribution in [-0.2, 0) is 9.63 Å². The molecule has 0 N–H and O–H groups in total. The van der Waals surface area contributed by atoms with Crippen molar-refractivity contribution in [3.8, 4) is 0 Å². The Labute approximate surface area is 53.9 Å². The Morgan fingerprint density at radius 1 is 1.78 bits per heavy atom. The fraction of sp³-hybridized carbons (Fsp3) is 0.500.